The fourth-order valence-electron chi connectivity index (χ4n) is 0. The van der Waals surface area contributed by atoms with E-state index in [-0.39, 0.29) is 49.6 Å². The SMILES string of the molecule is O.O=[Si].[B]=O.[H-].[H-].[Mg+2].[O]=[Al].[O]=[Zn]. The molecule has 2 N–H and O–H groups in total. The van der Waals surface area contributed by atoms with Crippen LogP contribution in [0.15, 0.2) is 0 Å². The maximum atomic E-state index is 8.38. The second-order valence-corrected chi connectivity index (χ2v) is 0. The van der Waals surface area contributed by atoms with Crippen molar-refractivity contribution in [3.8, 4) is 0 Å². The fourth-order valence-corrected chi connectivity index (χ4v) is 0. The quantitative estimate of drug-likeness (QED) is 0.433. The first-order chi connectivity index (χ1) is 4.00. The molecule has 0 bridgehead atoms. The average molecular weight is 240 g/mol. The Morgan fingerprint density at radius 1 is 1.20 bits per heavy atom. The normalized spacial score (nSPS) is 1.60. The molecule has 0 spiro atoms. The standard InChI is InChI=1S/Al.BO.Mg.OSi.H2O.2O.Zn.2H/c;1-2;;1-2;;;;;;/h;;;;1H2;;;;;/q;;+2;;;;;;2*-1. The van der Waals surface area contributed by atoms with Crippen LogP contribution in [-0.4, -0.2) is 62.6 Å². The molecular weight excluding hydrogens is 236 g/mol. The van der Waals surface area contributed by atoms with E-state index in [1.807, 2.05) is 0 Å². The van der Waals surface area contributed by atoms with Crippen LogP contribution in [0.2, 0.25) is 0 Å². The summed E-state index contributed by atoms with van der Waals surface area (Å²) in [6.07, 6.45) is 0. The molecule has 0 aromatic carbocycles. The Hall–Kier alpha value is 1.36. The number of hydrogen-bond acceptors (Lipinski definition) is 4. The molecule has 0 rings (SSSR count). The number of hydrogen-bond donors (Lipinski definition) is 0. The van der Waals surface area contributed by atoms with Crippen LogP contribution in [-0.2, 0) is 34.8 Å². The molecule has 0 aromatic rings. The van der Waals surface area contributed by atoms with E-state index < -0.39 is 0 Å². The minimum absolute atomic E-state index is 0. The molecule has 0 aliphatic carbocycles. The third-order valence-corrected chi connectivity index (χ3v) is 0. The molecule has 0 saturated carbocycles. The van der Waals surface area contributed by atoms with Crippen LogP contribution in [0.25, 0.3) is 0 Å². The van der Waals surface area contributed by atoms with Crippen LogP contribution in [0.4, 0.5) is 0 Å². The zero-order valence-corrected chi connectivity index (χ0v) is 11.7. The van der Waals surface area contributed by atoms with Crippen molar-refractivity contribution in [2.75, 3.05) is 0 Å². The summed E-state index contributed by atoms with van der Waals surface area (Å²) in [5.41, 5.74) is 0. The van der Waals surface area contributed by atoms with Crippen molar-refractivity contribution in [1.82, 2.24) is 0 Å². The Morgan fingerprint density at radius 3 is 1.20 bits per heavy atom. The van der Waals surface area contributed by atoms with Gasteiger partial charge in [-0.3, -0.25) is 0 Å². The van der Waals surface area contributed by atoms with Crippen molar-refractivity contribution in [3.05, 3.63) is 0 Å². The Morgan fingerprint density at radius 2 is 1.20 bits per heavy atom. The molecule has 0 amide bonds. The van der Waals surface area contributed by atoms with Crippen molar-refractivity contribution < 1.29 is 43.1 Å². The predicted octanol–water partition coefficient (Wildman–Crippen LogP) is -2.60. The first-order valence-corrected chi connectivity index (χ1v) is 3.06. The summed E-state index contributed by atoms with van der Waals surface area (Å²) in [4.78, 5) is 0. The van der Waals surface area contributed by atoms with Gasteiger partial charge in [0.25, 0.3) is 0 Å². The Balaban J connectivity index is -0.00000000267. The summed E-state index contributed by atoms with van der Waals surface area (Å²) in [7, 11) is 4.97. The molecular formula is H4AlBMgO5SiZn. The molecule has 0 aliphatic rings. The van der Waals surface area contributed by atoms with Gasteiger partial charge in [-0.25, -0.2) is 0 Å². The first-order valence-electron chi connectivity index (χ1n) is 0.964. The third kappa shape index (κ3) is 352. The van der Waals surface area contributed by atoms with Crippen molar-refractivity contribution in [2.24, 2.45) is 0 Å². The molecule has 48 valence electrons. The van der Waals surface area contributed by atoms with Gasteiger partial charge in [0.05, 0.1) is 0 Å². The van der Waals surface area contributed by atoms with Crippen molar-refractivity contribution in [2.45, 2.75) is 0 Å². The molecule has 0 aromatic heterocycles. The molecule has 0 heterocycles. The van der Waals surface area contributed by atoms with Gasteiger partial charge in [0.1, 0.15) is 0 Å². The summed E-state index contributed by atoms with van der Waals surface area (Å²) in [6, 6.07) is 0. The zero-order chi connectivity index (χ0) is 8.00. The van der Waals surface area contributed by atoms with Crippen LogP contribution in [0.3, 0.4) is 0 Å². The second-order valence-electron chi connectivity index (χ2n) is 0. The third-order valence-electron chi connectivity index (χ3n) is 0. The molecule has 0 saturated heterocycles. The second kappa shape index (κ2) is 489. The van der Waals surface area contributed by atoms with Crippen LogP contribution < -0.4 is 0 Å². The molecule has 0 fully saturated rings. The van der Waals surface area contributed by atoms with Gasteiger partial charge in [-0.05, 0) is 0 Å². The van der Waals surface area contributed by atoms with E-state index in [1.54, 1.807) is 10.1 Å². The van der Waals surface area contributed by atoms with Crippen LogP contribution >= 0.6 is 0 Å². The molecule has 10 heteroatoms. The van der Waals surface area contributed by atoms with Crippen molar-refractivity contribution >= 4 is 57.1 Å². The van der Waals surface area contributed by atoms with Gasteiger partial charge < -0.3 is 12.8 Å². The summed E-state index contributed by atoms with van der Waals surface area (Å²) in [6.45, 7) is 0. The van der Waals surface area contributed by atoms with Crippen molar-refractivity contribution in [1.29, 1.82) is 0 Å². The molecule has 5 nitrogen and oxygen atoms in total. The van der Waals surface area contributed by atoms with Crippen LogP contribution in [0.5, 0.6) is 0 Å². The Kier molecular flexibility index (Phi) is 2070. The van der Waals surface area contributed by atoms with E-state index in [2.05, 4.69) is 7.72 Å². The average Bonchev–Trinajstić information content (AvgIpc) is 2.03. The minimum atomic E-state index is 0. The molecule has 10 heavy (non-hydrogen) atoms. The molecule has 0 aliphatic heterocycles. The van der Waals surface area contributed by atoms with Gasteiger partial charge in [-0.15, -0.1) is 0 Å². The predicted molar refractivity (Wildman–Crippen MR) is 31.6 cm³/mol. The van der Waals surface area contributed by atoms with Crippen LogP contribution in [0, 0.1) is 0 Å². The van der Waals surface area contributed by atoms with Gasteiger partial charge in [0.2, 0.25) is 0 Å². The van der Waals surface area contributed by atoms with E-state index in [4.69, 9.17) is 16.5 Å². The fraction of sp³-hybridized carbons (Fsp3) is 0. The number of rotatable bonds is 0. The maximum absolute atomic E-state index is 8.38. The summed E-state index contributed by atoms with van der Waals surface area (Å²) < 4.78 is 32.3. The molecule has 4 radical (unpaired) electrons. The summed E-state index contributed by atoms with van der Waals surface area (Å²) in [5.74, 6) is 0. The van der Waals surface area contributed by atoms with Gasteiger partial charge >= 0.3 is 87.5 Å². The van der Waals surface area contributed by atoms with E-state index >= 15 is 0 Å². The van der Waals surface area contributed by atoms with Gasteiger partial charge in [0.15, 0.2) is 0 Å². The summed E-state index contributed by atoms with van der Waals surface area (Å²) >= 11 is 1.29. The topological polar surface area (TPSA) is 99.8 Å². The Labute approximate surface area is 99.6 Å². The van der Waals surface area contributed by atoms with Crippen LogP contribution in [0.1, 0.15) is 2.85 Å². The monoisotopic (exact) mass is 238 g/mol. The van der Waals surface area contributed by atoms with E-state index in [0.717, 1.165) is 0 Å². The van der Waals surface area contributed by atoms with Gasteiger partial charge in [0, 0.05) is 0 Å². The molecule has 0 atom stereocenters. The van der Waals surface area contributed by atoms with Crippen molar-refractivity contribution in [3.63, 3.8) is 0 Å². The zero-order valence-electron chi connectivity index (χ0n) is 7.20. The van der Waals surface area contributed by atoms with Gasteiger partial charge in [-0.2, -0.15) is 0 Å². The van der Waals surface area contributed by atoms with Gasteiger partial charge in [-0.1, -0.05) is 0 Å². The van der Waals surface area contributed by atoms with E-state index in [0.29, 0.717) is 0 Å². The molecule has 0 unspecified atom stereocenters. The summed E-state index contributed by atoms with van der Waals surface area (Å²) in [5, 5.41) is 0. The van der Waals surface area contributed by atoms with E-state index in [1.165, 1.54) is 16.2 Å². The Bertz CT molecular complexity index is 37.4. The first kappa shape index (κ1) is 42.4. The van der Waals surface area contributed by atoms with E-state index in [9.17, 15) is 0 Å².